The maximum atomic E-state index is 13.4. The van der Waals surface area contributed by atoms with Crippen LogP contribution in [0.4, 0.5) is 13.8 Å². The van der Waals surface area contributed by atoms with Crippen LogP contribution in [0, 0.1) is 11.6 Å². The molecule has 0 radical (unpaired) electrons. The average molecular weight is 241 g/mol. The molecule has 0 aliphatic rings. The summed E-state index contributed by atoms with van der Waals surface area (Å²) in [7, 11) is 0. The van der Waals surface area contributed by atoms with Crippen molar-refractivity contribution in [1.82, 2.24) is 9.59 Å². The number of aromatic nitrogens is 2. The number of nitrogens with one attached hydrogen (secondary N) is 1. The quantitative estimate of drug-likeness (QED) is 0.897. The van der Waals surface area contributed by atoms with Crippen molar-refractivity contribution in [3.8, 4) is 0 Å². The molecule has 0 fully saturated rings. The maximum absolute atomic E-state index is 13.4. The number of anilines is 1. The number of rotatable bonds is 3. The molecule has 6 heteroatoms. The van der Waals surface area contributed by atoms with Gasteiger partial charge in [0, 0.05) is 17.1 Å². The van der Waals surface area contributed by atoms with Gasteiger partial charge < -0.3 is 5.32 Å². The fourth-order valence-corrected chi connectivity index (χ4v) is 1.95. The highest BCUT2D eigenvalue weighted by Gasteiger charge is 2.16. The van der Waals surface area contributed by atoms with Gasteiger partial charge in [-0.2, -0.15) is 0 Å². The smallest absolute Gasteiger partial charge is 0.131 e. The third kappa shape index (κ3) is 2.16. The van der Waals surface area contributed by atoms with Crippen molar-refractivity contribution in [3.63, 3.8) is 0 Å². The Balaban J connectivity index is 2.24. The highest BCUT2D eigenvalue weighted by molar-refractivity contribution is 7.09. The summed E-state index contributed by atoms with van der Waals surface area (Å²) in [6.45, 7) is 1.68. The summed E-state index contributed by atoms with van der Waals surface area (Å²) >= 11 is 1.14. The van der Waals surface area contributed by atoms with Gasteiger partial charge in [-0.15, -0.1) is 5.10 Å². The van der Waals surface area contributed by atoms with Crippen molar-refractivity contribution < 1.29 is 8.78 Å². The molecule has 2 rings (SSSR count). The molecule has 3 nitrogen and oxygen atoms in total. The zero-order chi connectivity index (χ0) is 11.5. The molecule has 0 aliphatic heterocycles. The van der Waals surface area contributed by atoms with Crippen LogP contribution in [-0.2, 0) is 0 Å². The lowest BCUT2D eigenvalue weighted by atomic mass is 10.1. The van der Waals surface area contributed by atoms with Crippen molar-refractivity contribution >= 4 is 16.5 Å². The molecule has 0 amide bonds. The van der Waals surface area contributed by atoms with E-state index in [4.69, 9.17) is 0 Å². The average Bonchev–Trinajstić information content (AvgIpc) is 2.70. The van der Waals surface area contributed by atoms with Gasteiger partial charge >= 0.3 is 0 Å². The number of halogens is 2. The van der Waals surface area contributed by atoms with Gasteiger partial charge in [0.25, 0.3) is 0 Å². The molecule has 1 N–H and O–H groups in total. The van der Waals surface area contributed by atoms with Crippen LogP contribution in [0.2, 0.25) is 0 Å². The standard InChI is InChI=1S/C10H9F2N3S/c1-6(14-9-5-13-15-16-9)10-7(11)3-2-4-8(10)12/h2-6,14H,1H3. The second-order valence-corrected chi connectivity index (χ2v) is 4.07. The summed E-state index contributed by atoms with van der Waals surface area (Å²) in [6.07, 6.45) is 1.51. The predicted octanol–water partition coefficient (Wildman–Crippen LogP) is 2.99. The first-order valence-corrected chi connectivity index (χ1v) is 5.43. The predicted molar refractivity (Wildman–Crippen MR) is 58.3 cm³/mol. The Morgan fingerprint density at radius 1 is 1.31 bits per heavy atom. The number of nitrogens with zero attached hydrogens (tertiary/aromatic N) is 2. The first kappa shape index (κ1) is 10.9. The molecule has 0 bridgehead atoms. The highest BCUT2D eigenvalue weighted by atomic mass is 32.1. The molecule has 0 aliphatic carbocycles. The molecule has 1 atom stereocenters. The summed E-state index contributed by atoms with van der Waals surface area (Å²) in [5.74, 6) is -1.12. The van der Waals surface area contributed by atoms with Crippen LogP contribution in [0.15, 0.2) is 24.4 Å². The normalized spacial score (nSPS) is 12.4. The summed E-state index contributed by atoms with van der Waals surface area (Å²) in [4.78, 5) is 0. The van der Waals surface area contributed by atoms with Crippen LogP contribution in [0.25, 0.3) is 0 Å². The van der Waals surface area contributed by atoms with Crippen LogP contribution in [-0.4, -0.2) is 9.59 Å². The molecule has 84 valence electrons. The monoisotopic (exact) mass is 241 g/mol. The lowest BCUT2D eigenvalue weighted by Gasteiger charge is -2.14. The third-order valence-electron chi connectivity index (χ3n) is 2.15. The molecule has 0 spiro atoms. The van der Waals surface area contributed by atoms with Crippen molar-refractivity contribution in [1.29, 1.82) is 0 Å². The van der Waals surface area contributed by atoms with Gasteiger partial charge in [-0.05, 0) is 19.1 Å². The Hall–Kier alpha value is -1.56. The van der Waals surface area contributed by atoms with Crippen molar-refractivity contribution in [2.24, 2.45) is 0 Å². The van der Waals surface area contributed by atoms with Gasteiger partial charge in [0.2, 0.25) is 0 Å². The topological polar surface area (TPSA) is 37.8 Å². The van der Waals surface area contributed by atoms with E-state index in [2.05, 4.69) is 14.9 Å². The van der Waals surface area contributed by atoms with E-state index in [0.29, 0.717) is 5.00 Å². The largest absolute Gasteiger partial charge is 0.368 e. The van der Waals surface area contributed by atoms with E-state index in [0.717, 1.165) is 11.5 Å². The summed E-state index contributed by atoms with van der Waals surface area (Å²) < 4.78 is 30.5. The van der Waals surface area contributed by atoms with E-state index in [9.17, 15) is 8.78 Å². The van der Waals surface area contributed by atoms with Crippen LogP contribution in [0.1, 0.15) is 18.5 Å². The minimum Gasteiger partial charge on any atom is -0.368 e. The zero-order valence-electron chi connectivity index (χ0n) is 8.45. The Bertz CT molecular complexity index is 453. The molecule has 0 saturated carbocycles. The highest BCUT2D eigenvalue weighted by Crippen LogP contribution is 2.24. The first-order chi connectivity index (χ1) is 7.68. The van der Waals surface area contributed by atoms with Gasteiger partial charge in [0.05, 0.1) is 12.2 Å². The Kier molecular flexibility index (Phi) is 3.09. The van der Waals surface area contributed by atoms with Gasteiger partial charge in [0.15, 0.2) is 0 Å². The zero-order valence-corrected chi connectivity index (χ0v) is 9.26. The van der Waals surface area contributed by atoms with E-state index in [1.54, 1.807) is 6.92 Å². The number of hydrogen-bond donors (Lipinski definition) is 1. The molecule has 2 aromatic rings. The molecule has 1 aromatic heterocycles. The first-order valence-electron chi connectivity index (χ1n) is 4.66. The van der Waals surface area contributed by atoms with Crippen LogP contribution in [0.3, 0.4) is 0 Å². The molecule has 16 heavy (non-hydrogen) atoms. The maximum Gasteiger partial charge on any atom is 0.131 e. The Morgan fingerprint density at radius 3 is 2.56 bits per heavy atom. The fourth-order valence-electron chi connectivity index (χ4n) is 1.44. The summed E-state index contributed by atoms with van der Waals surface area (Å²) in [6, 6.07) is 3.35. The number of hydrogen-bond acceptors (Lipinski definition) is 4. The van der Waals surface area contributed by atoms with E-state index in [-0.39, 0.29) is 5.56 Å². The molecular weight excluding hydrogens is 232 g/mol. The van der Waals surface area contributed by atoms with Crippen molar-refractivity contribution in [2.45, 2.75) is 13.0 Å². The molecule has 1 aromatic carbocycles. The Labute approximate surface area is 95.3 Å². The van der Waals surface area contributed by atoms with Crippen molar-refractivity contribution in [3.05, 3.63) is 41.6 Å². The van der Waals surface area contributed by atoms with Gasteiger partial charge in [0.1, 0.15) is 16.6 Å². The minimum absolute atomic E-state index is 0.0240. The van der Waals surface area contributed by atoms with Crippen LogP contribution < -0.4 is 5.32 Å². The van der Waals surface area contributed by atoms with Gasteiger partial charge in [-0.3, -0.25) is 0 Å². The van der Waals surface area contributed by atoms with Gasteiger partial charge in [-0.1, -0.05) is 10.6 Å². The Morgan fingerprint density at radius 2 is 2.00 bits per heavy atom. The van der Waals surface area contributed by atoms with Gasteiger partial charge in [-0.25, -0.2) is 8.78 Å². The molecule has 0 saturated heterocycles. The fraction of sp³-hybridized carbons (Fsp3) is 0.200. The SMILES string of the molecule is CC(Nc1cnns1)c1c(F)cccc1F. The van der Waals surface area contributed by atoms with E-state index < -0.39 is 17.7 Å². The lowest BCUT2D eigenvalue weighted by Crippen LogP contribution is -2.09. The summed E-state index contributed by atoms with van der Waals surface area (Å²) in [5, 5.41) is 7.24. The molecular formula is C10H9F2N3S. The van der Waals surface area contributed by atoms with Crippen LogP contribution in [0.5, 0.6) is 0 Å². The van der Waals surface area contributed by atoms with E-state index in [1.165, 1.54) is 24.4 Å². The van der Waals surface area contributed by atoms with Crippen LogP contribution >= 0.6 is 11.5 Å². The van der Waals surface area contributed by atoms with E-state index in [1.807, 2.05) is 0 Å². The third-order valence-corrected chi connectivity index (χ3v) is 2.75. The second-order valence-electron chi connectivity index (χ2n) is 3.28. The number of benzene rings is 1. The molecule has 1 unspecified atom stereocenters. The minimum atomic E-state index is -0.558. The van der Waals surface area contributed by atoms with E-state index >= 15 is 0 Å². The lowest BCUT2D eigenvalue weighted by molar-refractivity contribution is 0.544. The second kappa shape index (κ2) is 4.52. The molecule has 1 heterocycles. The summed E-state index contributed by atoms with van der Waals surface area (Å²) in [5.41, 5.74) is 0.0240. The van der Waals surface area contributed by atoms with Crippen molar-refractivity contribution in [2.75, 3.05) is 5.32 Å².